The molecule has 160 valence electrons. The minimum absolute atomic E-state index is 0.0446. The number of benzene rings is 2. The highest BCUT2D eigenvalue weighted by atomic mass is 32.2. The summed E-state index contributed by atoms with van der Waals surface area (Å²) >= 11 is 0. The quantitative estimate of drug-likeness (QED) is 0.466. The molecular formula is C23H34O4SSi. The van der Waals surface area contributed by atoms with Crippen LogP contribution in [0.25, 0.3) is 0 Å². The third kappa shape index (κ3) is 7.37. The Balaban J connectivity index is 2.05. The molecule has 0 heterocycles. The Labute approximate surface area is 177 Å². The smallest absolute Gasteiger partial charge is 0.192 e. The SMILES string of the molecule is CC(C)(C)[Si](C)(C)O[C@@H](CCS(=O)(=O)c1ccccc1)COCc1ccccc1. The van der Waals surface area contributed by atoms with Crippen LogP contribution in [0, 0.1) is 0 Å². The van der Waals surface area contributed by atoms with Crippen LogP contribution in [-0.2, 0) is 25.6 Å². The zero-order valence-corrected chi connectivity index (χ0v) is 20.0. The van der Waals surface area contributed by atoms with Gasteiger partial charge in [-0.05, 0) is 42.2 Å². The maximum absolute atomic E-state index is 12.7. The lowest BCUT2D eigenvalue weighted by atomic mass is 10.2. The molecule has 0 spiro atoms. The van der Waals surface area contributed by atoms with Gasteiger partial charge in [0.1, 0.15) is 0 Å². The van der Waals surface area contributed by atoms with Gasteiger partial charge in [0.05, 0.1) is 30.0 Å². The predicted molar refractivity (Wildman–Crippen MR) is 121 cm³/mol. The van der Waals surface area contributed by atoms with Crippen LogP contribution in [0.2, 0.25) is 18.1 Å². The Hall–Kier alpha value is -1.47. The summed E-state index contributed by atoms with van der Waals surface area (Å²) in [5.41, 5.74) is 1.09. The van der Waals surface area contributed by atoms with E-state index in [9.17, 15) is 8.42 Å². The minimum atomic E-state index is -3.34. The zero-order valence-electron chi connectivity index (χ0n) is 18.2. The van der Waals surface area contributed by atoms with Gasteiger partial charge in [0.2, 0.25) is 0 Å². The maximum atomic E-state index is 12.7. The van der Waals surface area contributed by atoms with E-state index in [0.29, 0.717) is 24.5 Å². The first-order chi connectivity index (χ1) is 13.5. The predicted octanol–water partition coefficient (Wildman–Crippen LogP) is 5.46. The van der Waals surface area contributed by atoms with Crippen molar-refractivity contribution in [1.29, 1.82) is 0 Å². The van der Waals surface area contributed by atoms with Crippen molar-refractivity contribution in [2.24, 2.45) is 0 Å². The van der Waals surface area contributed by atoms with Gasteiger partial charge in [-0.2, -0.15) is 0 Å². The van der Waals surface area contributed by atoms with E-state index >= 15 is 0 Å². The lowest BCUT2D eigenvalue weighted by molar-refractivity contribution is 0.0331. The van der Waals surface area contributed by atoms with Crippen LogP contribution in [-0.4, -0.2) is 35.2 Å². The Bertz CT molecular complexity index is 843. The van der Waals surface area contributed by atoms with E-state index in [1.54, 1.807) is 24.3 Å². The van der Waals surface area contributed by atoms with Crippen LogP contribution in [0.15, 0.2) is 65.6 Å². The Morgan fingerprint density at radius 1 is 0.931 bits per heavy atom. The summed E-state index contributed by atoms with van der Waals surface area (Å²) in [6.07, 6.45) is 0.163. The van der Waals surface area contributed by atoms with Crippen molar-refractivity contribution in [3.05, 3.63) is 66.2 Å². The highest BCUT2D eigenvalue weighted by Gasteiger charge is 2.39. The Kier molecular flexibility index (Phi) is 8.23. The van der Waals surface area contributed by atoms with Gasteiger partial charge in [0.25, 0.3) is 0 Å². The Morgan fingerprint density at radius 2 is 1.48 bits per heavy atom. The van der Waals surface area contributed by atoms with E-state index in [4.69, 9.17) is 9.16 Å². The molecule has 0 aromatic heterocycles. The van der Waals surface area contributed by atoms with Crippen LogP contribution in [0.4, 0.5) is 0 Å². The summed E-state index contributed by atoms with van der Waals surface area (Å²) in [7, 11) is -5.39. The van der Waals surface area contributed by atoms with Crippen molar-refractivity contribution < 1.29 is 17.6 Å². The van der Waals surface area contributed by atoms with Gasteiger partial charge >= 0.3 is 0 Å². The number of ether oxygens (including phenoxy) is 1. The Morgan fingerprint density at radius 3 is 2.03 bits per heavy atom. The van der Waals surface area contributed by atoms with E-state index in [1.165, 1.54) is 0 Å². The summed E-state index contributed by atoms with van der Waals surface area (Å²) in [5, 5.41) is 0.0446. The standard InChI is InChI=1S/C23H34O4SSi/c1-23(2,3)29(4,5)27-21(19-26-18-20-12-8-6-9-13-20)16-17-28(24,25)22-14-10-7-11-15-22/h6-15,21H,16-19H2,1-5H3/t21-/m0/s1. The molecule has 0 saturated carbocycles. The highest BCUT2D eigenvalue weighted by molar-refractivity contribution is 7.91. The molecule has 1 atom stereocenters. The van der Waals surface area contributed by atoms with E-state index in [1.807, 2.05) is 36.4 Å². The molecule has 0 amide bonds. The molecule has 2 rings (SSSR count). The molecule has 6 heteroatoms. The molecule has 0 saturated heterocycles. The molecule has 0 radical (unpaired) electrons. The first-order valence-corrected chi connectivity index (χ1v) is 14.6. The minimum Gasteiger partial charge on any atom is -0.412 e. The first-order valence-electron chi connectivity index (χ1n) is 10.1. The average molecular weight is 435 g/mol. The van der Waals surface area contributed by atoms with Gasteiger partial charge in [-0.25, -0.2) is 8.42 Å². The van der Waals surface area contributed by atoms with Crippen LogP contribution in [0.5, 0.6) is 0 Å². The second kappa shape index (κ2) is 10.0. The van der Waals surface area contributed by atoms with Crippen molar-refractivity contribution in [1.82, 2.24) is 0 Å². The monoisotopic (exact) mass is 434 g/mol. The van der Waals surface area contributed by atoms with E-state index < -0.39 is 18.2 Å². The van der Waals surface area contributed by atoms with Gasteiger partial charge in [-0.3, -0.25) is 0 Å². The second-order valence-corrected chi connectivity index (χ2v) is 15.8. The number of hydrogen-bond donors (Lipinski definition) is 0. The maximum Gasteiger partial charge on any atom is 0.192 e. The van der Waals surface area contributed by atoms with E-state index in [2.05, 4.69) is 33.9 Å². The fourth-order valence-corrected chi connectivity index (χ4v) is 5.44. The summed E-state index contributed by atoms with van der Waals surface area (Å²) < 4.78 is 37.9. The number of rotatable bonds is 10. The normalized spacial score (nSPS) is 14.0. The van der Waals surface area contributed by atoms with Gasteiger partial charge < -0.3 is 9.16 Å². The molecular weight excluding hydrogens is 400 g/mol. The van der Waals surface area contributed by atoms with Crippen molar-refractivity contribution in [3.63, 3.8) is 0 Å². The van der Waals surface area contributed by atoms with E-state index in [0.717, 1.165) is 5.56 Å². The van der Waals surface area contributed by atoms with Gasteiger partial charge in [0.15, 0.2) is 18.2 Å². The number of hydrogen-bond acceptors (Lipinski definition) is 4. The van der Waals surface area contributed by atoms with Crippen LogP contribution in [0.3, 0.4) is 0 Å². The van der Waals surface area contributed by atoms with Crippen molar-refractivity contribution in [2.75, 3.05) is 12.4 Å². The van der Waals surface area contributed by atoms with Crippen molar-refractivity contribution >= 4 is 18.2 Å². The summed E-state index contributed by atoms with van der Waals surface area (Å²) in [6, 6.07) is 18.6. The molecule has 2 aromatic carbocycles. The average Bonchev–Trinajstić information content (AvgIpc) is 2.66. The third-order valence-electron chi connectivity index (χ3n) is 5.49. The molecule has 29 heavy (non-hydrogen) atoms. The lowest BCUT2D eigenvalue weighted by Crippen LogP contribution is -2.45. The second-order valence-electron chi connectivity index (χ2n) is 8.92. The van der Waals surface area contributed by atoms with E-state index in [-0.39, 0.29) is 16.9 Å². The molecule has 0 fully saturated rings. The molecule has 0 aliphatic carbocycles. The zero-order chi connectivity index (χ0) is 21.5. The fraction of sp³-hybridized carbons (Fsp3) is 0.478. The molecule has 0 aliphatic heterocycles. The van der Waals surface area contributed by atoms with Crippen LogP contribution >= 0.6 is 0 Å². The molecule has 0 aliphatic rings. The van der Waals surface area contributed by atoms with Gasteiger partial charge in [-0.15, -0.1) is 0 Å². The topological polar surface area (TPSA) is 52.6 Å². The molecule has 0 unspecified atom stereocenters. The molecule has 2 aromatic rings. The lowest BCUT2D eigenvalue weighted by Gasteiger charge is -2.39. The molecule has 0 N–H and O–H groups in total. The molecule has 4 nitrogen and oxygen atoms in total. The summed E-state index contributed by atoms with van der Waals surface area (Å²) in [4.78, 5) is 0.358. The number of sulfone groups is 1. The van der Waals surface area contributed by atoms with Gasteiger partial charge in [0, 0.05) is 0 Å². The van der Waals surface area contributed by atoms with Crippen LogP contribution in [0.1, 0.15) is 32.8 Å². The fourth-order valence-electron chi connectivity index (χ4n) is 2.68. The third-order valence-corrected chi connectivity index (χ3v) is 11.8. The van der Waals surface area contributed by atoms with Crippen molar-refractivity contribution in [3.8, 4) is 0 Å². The van der Waals surface area contributed by atoms with Gasteiger partial charge in [-0.1, -0.05) is 69.3 Å². The first kappa shape index (κ1) is 23.8. The van der Waals surface area contributed by atoms with Crippen molar-refractivity contribution in [2.45, 2.75) is 62.9 Å². The largest absolute Gasteiger partial charge is 0.412 e. The summed E-state index contributed by atoms with van der Waals surface area (Å²) in [6.45, 7) is 11.8. The highest BCUT2D eigenvalue weighted by Crippen LogP contribution is 2.37. The molecule has 0 bridgehead atoms. The van der Waals surface area contributed by atoms with Crippen LogP contribution < -0.4 is 0 Å². The summed E-state index contributed by atoms with van der Waals surface area (Å²) in [5.74, 6) is 0.0466.